The predicted molar refractivity (Wildman–Crippen MR) is 73.2 cm³/mol. The molecular formula is C13H21NO4S. The molecule has 3 atom stereocenters. The van der Waals surface area contributed by atoms with Gasteiger partial charge in [0.25, 0.3) is 0 Å². The molecule has 2 rings (SSSR count). The van der Waals surface area contributed by atoms with Gasteiger partial charge in [0, 0.05) is 37.3 Å². The van der Waals surface area contributed by atoms with E-state index in [9.17, 15) is 14.7 Å². The summed E-state index contributed by atoms with van der Waals surface area (Å²) in [6.45, 7) is 3.81. The van der Waals surface area contributed by atoms with Gasteiger partial charge in [0.15, 0.2) is 0 Å². The van der Waals surface area contributed by atoms with Gasteiger partial charge >= 0.3 is 5.97 Å². The van der Waals surface area contributed by atoms with Crippen molar-refractivity contribution in [2.24, 2.45) is 11.3 Å². The van der Waals surface area contributed by atoms with Gasteiger partial charge in [-0.1, -0.05) is 6.92 Å². The van der Waals surface area contributed by atoms with Gasteiger partial charge in [-0.15, -0.1) is 0 Å². The van der Waals surface area contributed by atoms with Crippen LogP contribution in [-0.4, -0.2) is 59.7 Å². The summed E-state index contributed by atoms with van der Waals surface area (Å²) in [5.74, 6) is -0.779. The highest BCUT2D eigenvalue weighted by Gasteiger charge is 2.54. The number of fused-ring (bicyclic) bond motifs is 1. The maximum absolute atomic E-state index is 12.2. The first-order valence-electron chi connectivity index (χ1n) is 6.61. The van der Waals surface area contributed by atoms with Crippen LogP contribution < -0.4 is 0 Å². The fourth-order valence-corrected chi connectivity index (χ4v) is 3.26. The molecule has 2 heterocycles. The summed E-state index contributed by atoms with van der Waals surface area (Å²) < 4.78 is 5.38. The Morgan fingerprint density at radius 1 is 1.58 bits per heavy atom. The van der Waals surface area contributed by atoms with Crippen molar-refractivity contribution in [1.29, 1.82) is 0 Å². The molecule has 0 saturated carbocycles. The summed E-state index contributed by atoms with van der Waals surface area (Å²) in [5, 5.41) is 9.80. The third-order valence-corrected chi connectivity index (χ3v) is 5.32. The molecule has 2 aliphatic heterocycles. The number of nitrogens with zero attached hydrogens (tertiary/aromatic N) is 1. The maximum atomic E-state index is 12.2. The van der Waals surface area contributed by atoms with E-state index in [4.69, 9.17) is 4.74 Å². The number of amides is 1. The van der Waals surface area contributed by atoms with Gasteiger partial charge in [0.1, 0.15) is 0 Å². The van der Waals surface area contributed by atoms with Gasteiger partial charge in [-0.3, -0.25) is 9.59 Å². The Hall–Kier alpha value is -0.750. The third kappa shape index (κ3) is 2.74. The second-order valence-electron chi connectivity index (χ2n) is 5.51. The van der Waals surface area contributed by atoms with Crippen molar-refractivity contribution >= 4 is 23.6 Å². The first-order valence-corrected chi connectivity index (χ1v) is 7.90. The van der Waals surface area contributed by atoms with E-state index in [1.807, 2.05) is 13.2 Å². The normalized spacial score (nSPS) is 31.9. The lowest BCUT2D eigenvalue weighted by atomic mass is 9.74. The number of ether oxygens (including phenoxy) is 1. The highest BCUT2D eigenvalue weighted by Crippen LogP contribution is 2.42. The van der Waals surface area contributed by atoms with Crippen LogP contribution in [0.4, 0.5) is 0 Å². The quantitative estimate of drug-likeness (QED) is 0.838. The van der Waals surface area contributed by atoms with E-state index < -0.39 is 11.4 Å². The number of rotatable bonds is 4. The van der Waals surface area contributed by atoms with Crippen LogP contribution in [0.1, 0.15) is 19.8 Å². The van der Waals surface area contributed by atoms with Crippen molar-refractivity contribution in [2.75, 3.05) is 32.6 Å². The molecule has 0 aliphatic carbocycles. The summed E-state index contributed by atoms with van der Waals surface area (Å²) in [7, 11) is 0. The average molecular weight is 287 g/mol. The third-order valence-electron chi connectivity index (χ3n) is 4.35. The lowest BCUT2D eigenvalue weighted by Crippen LogP contribution is -2.45. The number of thioether (sulfide) groups is 1. The van der Waals surface area contributed by atoms with Gasteiger partial charge < -0.3 is 14.7 Å². The van der Waals surface area contributed by atoms with Crippen molar-refractivity contribution in [2.45, 2.75) is 25.0 Å². The van der Waals surface area contributed by atoms with Crippen LogP contribution in [0.3, 0.4) is 0 Å². The van der Waals surface area contributed by atoms with Crippen molar-refractivity contribution in [3.8, 4) is 0 Å². The minimum Gasteiger partial charge on any atom is -0.481 e. The van der Waals surface area contributed by atoms with Crippen molar-refractivity contribution in [1.82, 2.24) is 4.90 Å². The zero-order valence-corrected chi connectivity index (χ0v) is 12.2. The average Bonchev–Trinajstić information content (AvgIpc) is 2.79. The summed E-state index contributed by atoms with van der Waals surface area (Å²) >= 11 is 1.65. The molecule has 2 aliphatic rings. The molecule has 0 aromatic rings. The van der Waals surface area contributed by atoms with Gasteiger partial charge in [-0.2, -0.15) is 11.8 Å². The Morgan fingerprint density at radius 2 is 2.32 bits per heavy atom. The molecule has 1 N–H and O–H groups in total. The Morgan fingerprint density at radius 3 is 2.89 bits per heavy atom. The van der Waals surface area contributed by atoms with E-state index in [1.54, 1.807) is 16.7 Å². The van der Waals surface area contributed by atoms with Crippen LogP contribution in [0, 0.1) is 11.3 Å². The number of carbonyl (C=O) groups is 2. The van der Waals surface area contributed by atoms with E-state index in [0.717, 1.165) is 0 Å². The Labute approximate surface area is 117 Å². The highest BCUT2D eigenvalue weighted by molar-refractivity contribution is 7.99. The lowest BCUT2D eigenvalue weighted by Gasteiger charge is -2.33. The molecule has 6 heteroatoms. The standard InChI is InChI=1S/C13H21NO4S/c1-9(19-2)5-11(15)14-6-10-7-18-4-3-13(10,8-14)12(16)17/h9-10H,3-8H2,1-2H3,(H,16,17)/t9?,10-,13+/m0/s1. The van der Waals surface area contributed by atoms with E-state index >= 15 is 0 Å². The molecule has 2 fully saturated rings. The molecule has 1 unspecified atom stereocenters. The smallest absolute Gasteiger partial charge is 0.311 e. The molecular weight excluding hydrogens is 266 g/mol. The van der Waals surface area contributed by atoms with E-state index in [1.165, 1.54) is 0 Å². The van der Waals surface area contributed by atoms with Crippen LogP contribution in [0.15, 0.2) is 0 Å². The zero-order chi connectivity index (χ0) is 14.0. The number of hydrogen-bond acceptors (Lipinski definition) is 4. The molecule has 108 valence electrons. The molecule has 2 saturated heterocycles. The number of aliphatic carboxylic acids is 1. The number of hydrogen-bond donors (Lipinski definition) is 1. The first-order chi connectivity index (χ1) is 8.99. The Bertz CT molecular complexity index is 376. The molecule has 5 nitrogen and oxygen atoms in total. The number of likely N-dealkylation sites (tertiary alicyclic amines) is 1. The first kappa shape index (κ1) is 14.7. The molecule has 19 heavy (non-hydrogen) atoms. The van der Waals surface area contributed by atoms with Crippen molar-refractivity contribution < 1.29 is 19.4 Å². The molecule has 1 amide bonds. The summed E-state index contributed by atoms with van der Waals surface area (Å²) in [5.41, 5.74) is -0.781. The fourth-order valence-electron chi connectivity index (χ4n) is 2.95. The van der Waals surface area contributed by atoms with Crippen LogP contribution >= 0.6 is 11.8 Å². The van der Waals surface area contributed by atoms with Crippen molar-refractivity contribution in [3.05, 3.63) is 0 Å². The van der Waals surface area contributed by atoms with Gasteiger partial charge in [0.05, 0.1) is 12.0 Å². The van der Waals surface area contributed by atoms with Gasteiger partial charge in [-0.05, 0) is 12.7 Å². The van der Waals surface area contributed by atoms with E-state index in [0.29, 0.717) is 39.1 Å². The van der Waals surface area contributed by atoms with Crippen molar-refractivity contribution in [3.63, 3.8) is 0 Å². The topological polar surface area (TPSA) is 66.8 Å². The fraction of sp³-hybridized carbons (Fsp3) is 0.846. The number of carbonyl (C=O) groups excluding carboxylic acids is 1. The SMILES string of the molecule is CSC(C)CC(=O)N1C[C@H]2COCC[C@@]2(C(=O)O)C1. The summed E-state index contributed by atoms with van der Waals surface area (Å²) in [6.07, 6.45) is 2.97. The summed E-state index contributed by atoms with van der Waals surface area (Å²) in [4.78, 5) is 25.5. The summed E-state index contributed by atoms with van der Waals surface area (Å²) in [6, 6.07) is 0. The maximum Gasteiger partial charge on any atom is 0.311 e. The number of carboxylic acids is 1. The van der Waals surface area contributed by atoms with E-state index in [-0.39, 0.29) is 17.1 Å². The molecule has 0 aromatic carbocycles. The Kier molecular flexibility index (Phi) is 4.40. The largest absolute Gasteiger partial charge is 0.481 e. The molecule has 0 bridgehead atoms. The van der Waals surface area contributed by atoms with E-state index in [2.05, 4.69) is 0 Å². The minimum atomic E-state index is -0.783. The number of carboxylic acid groups (broad SMARTS) is 1. The highest BCUT2D eigenvalue weighted by atomic mass is 32.2. The molecule has 0 spiro atoms. The second kappa shape index (κ2) is 5.71. The van der Waals surface area contributed by atoms with Gasteiger partial charge in [0.2, 0.25) is 5.91 Å². The monoisotopic (exact) mass is 287 g/mol. The van der Waals surface area contributed by atoms with Crippen LogP contribution in [0.2, 0.25) is 0 Å². The Balaban J connectivity index is 2.07. The van der Waals surface area contributed by atoms with Crippen LogP contribution in [0.25, 0.3) is 0 Å². The minimum absolute atomic E-state index is 0.0627. The van der Waals surface area contributed by atoms with Gasteiger partial charge in [-0.25, -0.2) is 0 Å². The predicted octanol–water partition coefficient (Wildman–Crippen LogP) is 1.08. The second-order valence-corrected chi connectivity index (χ2v) is 6.78. The molecule has 0 radical (unpaired) electrons. The zero-order valence-electron chi connectivity index (χ0n) is 11.4. The van der Waals surface area contributed by atoms with Crippen LogP contribution in [0.5, 0.6) is 0 Å². The lowest BCUT2D eigenvalue weighted by molar-refractivity contribution is -0.157. The van der Waals surface area contributed by atoms with Crippen LogP contribution in [-0.2, 0) is 14.3 Å². The molecule has 0 aromatic heterocycles.